The Morgan fingerprint density at radius 1 is 0.952 bits per heavy atom. The summed E-state index contributed by atoms with van der Waals surface area (Å²) in [5.74, 6) is 0.527. The van der Waals surface area contributed by atoms with Gasteiger partial charge in [-0.05, 0) is 35.7 Å². The van der Waals surface area contributed by atoms with Crippen LogP contribution in [0.5, 0.6) is 11.5 Å². The molecule has 104 valence electrons. The van der Waals surface area contributed by atoms with Gasteiger partial charge in [0.05, 0.1) is 0 Å². The van der Waals surface area contributed by atoms with Gasteiger partial charge in [-0.3, -0.25) is 5.32 Å². The Morgan fingerprint density at radius 2 is 1.76 bits per heavy atom. The molecule has 0 atom stereocenters. The Labute approximate surface area is 121 Å². The largest absolute Gasteiger partial charge is 0.508 e. The summed E-state index contributed by atoms with van der Waals surface area (Å²) < 4.78 is 5.33. The number of rotatable bonds is 2. The first-order valence-corrected chi connectivity index (χ1v) is 6.48. The average molecular weight is 279 g/mol. The van der Waals surface area contributed by atoms with Crippen LogP contribution >= 0.6 is 0 Å². The van der Waals surface area contributed by atoms with E-state index in [4.69, 9.17) is 4.74 Å². The SMILES string of the molecule is O=C(Nc1ccccc1)Oc1cccc2ccc(O)cc12. The standard InChI is InChI=1S/C17H13NO3/c19-14-10-9-12-5-4-8-16(15(12)11-14)21-17(20)18-13-6-2-1-3-7-13/h1-11,19H,(H,18,20). The lowest BCUT2D eigenvalue weighted by Crippen LogP contribution is -2.16. The zero-order valence-electron chi connectivity index (χ0n) is 11.1. The summed E-state index contributed by atoms with van der Waals surface area (Å²) in [6, 6.07) is 19.4. The highest BCUT2D eigenvalue weighted by Crippen LogP contribution is 2.28. The molecule has 0 aromatic heterocycles. The maximum Gasteiger partial charge on any atom is 0.417 e. The third-order valence-electron chi connectivity index (χ3n) is 3.05. The molecule has 0 aliphatic carbocycles. The lowest BCUT2D eigenvalue weighted by Gasteiger charge is -2.09. The van der Waals surface area contributed by atoms with Crippen molar-refractivity contribution in [3.8, 4) is 11.5 Å². The highest BCUT2D eigenvalue weighted by Gasteiger charge is 2.08. The normalized spacial score (nSPS) is 10.3. The van der Waals surface area contributed by atoms with E-state index in [9.17, 15) is 9.90 Å². The van der Waals surface area contributed by atoms with Gasteiger partial charge in [-0.15, -0.1) is 0 Å². The van der Waals surface area contributed by atoms with E-state index in [1.54, 1.807) is 42.5 Å². The Balaban J connectivity index is 1.84. The predicted octanol–water partition coefficient (Wildman–Crippen LogP) is 4.16. The zero-order chi connectivity index (χ0) is 14.7. The minimum Gasteiger partial charge on any atom is -0.508 e. The Hall–Kier alpha value is -3.01. The summed E-state index contributed by atoms with van der Waals surface area (Å²) in [4.78, 5) is 11.9. The number of hydrogen-bond acceptors (Lipinski definition) is 3. The van der Waals surface area contributed by atoms with Crippen LogP contribution in [-0.2, 0) is 0 Å². The molecule has 0 saturated carbocycles. The number of nitrogens with one attached hydrogen (secondary N) is 1. The van der Waals surface area contributed by atoms with Crippen molar-refractivity contribution >= 4 is 22.6 Å². The molecule has 0 aliphatic heterocycles. The van der Waals surface area contributed by atoms with Crippen LogP contribution in [0, 0.1) is 0 Å². The number of para-hydroxylation sites is 1. The minimum atomic E-state index is -0.572. The first-order valence-electron chi connectivity index (χ1n) is 6.48. The van der Waals surface area contributed by atoms with Crippen LogP contribution in [0.4, 0.5) is 10.5 Å². The van der Waals surface area contributed by atoms with Crippen LogP contribution in [0.1, 0.15) is 0 Å². The first-order chi connectivity index (χ1) is 10.2. The van der Waals surface area contributed by atoms with Crippen LogP contribution in [-0.4, -0.2) is 11.2 Å². The van der Waals surface area contributed by atoms with E-state index in [0.29, 0.717) is 16.8 Å². The van der Waals surface area contributed by atoms with E-state index in [1.807, 2.05) is 24.3 Å². The molecule has 21 heavy (non-hydrogen) atoms. The Bertz CT molecular complexity index is 784. The highest BCUT2D eigenvalue weighted by atomic mass is 16.6. The van der Waals surface area contributed by atoms with Gasteiger partial charge in [-0.25, -0.2) is 4.79 Å². The predicted molar refractivity (Wildman–Crippen MR) is 81.7 cm³/mol. The molecule has 2 N–H and O–H groups in total. The summed E-state index contributed by atoms with van der Waals surface area (Å²) in [5, 5.41) is 13.8. The van der Waals surface area contributed by atoms with Gasteiger partial charge in [0, 0.05) is 11.1 Å². The van der Waals surface area contributed by atoms with Gasteiger partial charge in [-0.1, -0.05) is 36.4 Å². The number of amides is 1. The molecule has 4 heteroatoms. The molecule has 0 spiro atoms. The van der Waals surface area contributed by atoms with Crippen molar-refractivity contribution < 1.29 is 14.6 Å². The van der Waals surface area contributed by atoms with E-state index in [1.165, 1.54) is 0 Å². The lowest BCUT2D eigenvalue weighted by molar-refractivity contribution is 0.215. The smallest absolute Gasteiger partial charge is 0.417 e. The number of phenolic OH excluding ortho intramolecular Hbond substituents is 1. The Morgan fingerprint density at radius 3 is 2.57 bits per heavy atom. The molecule has 3 aromatic carbocycles. The zero-order valence-corrected chi connectivity index (χ0v) is 11.1. The fourth-order valence-electron chi connectivity index (χ4n) is 2.09. The number of carbonyl (C=O) groups excluding carboxylic acids is 1. The van der Waals surface area contributed by atoms with Crippen LogP contribution in [0.2, 0.25) is 0 Å². The summed E-state index contributed by atoms with van der Waals surface area (Å²) in [7, 11) is 0. The molecule has 0 saturated heterocycles. The van der Waals surface area contributed by atoms with Crippen LogP contribution in [0.3, 0.4) is 0 Å². The van der Waals surface area contributed by atoms with E-state index in [2.05, 4.69) is 5.32 Å². The molecule has 0 bridgehead atoms. The molecule has 0 radical (unpaired) electrons. The van der Waals surface area contributed by atoms with Gasteiger partial charge in [0.2, 0.25) is 0 Å². The van der Waals surface area contributed by atoms with Crippen molar-refractivity contribution in [3.05, 3.63) is 66.7 Å². The number of hydrogen-bond donors (Lipinski definition) is 2. The molecule has 3 rings (SSSR count). The second-order valence-corrected chi connectivity index (χ2v) is 4.54. The molecular weight excluding hydrogens is 266 g/mol. The fraction of sp³-hybridized carbons (Fsp3) is 0. The van der Waals surface area contributed by atoms with E-state index in [-0.39, 0.29) is 5.75 Å². The summed E-state index contributed by atoms with van der Waals surface area (Å²) in [5.41, 5.74) is 0.658. The van der Waals surface area contributed by atoms with Crippen molar-refractivity contribution in [1.29, 1.82) is 0 Å². The molecule has 0 heterocycles. The maximum absolute atomic E-state index is 11.9. The first kappa shape index (κ1) is 13.0. The number of ether oxygens (including phenoxy) is 1. The van der Waals surface area contributed by atoms with Crippen molar-refractivity contribution in [2.75, 3.05) is 5.32 Å². The number of carbonyl (C=O) groups is 1. The maximum atomic E-state index is 11.9. The summed E-state index contributed by atoms with van der Waals surface area (Å²) >= 11 is 0. The van der Waals surface area contributed by atoms with Crippen molar-refractivity contribution in [2.24, 2.45) is 0 Å². The monoisotopic (exact) mass is 279 g/mol. The van der Waals surface area contributed by atoms with E-state index in [0.717, 1.165) is 5.39 Å². The number of fused-ring (bicyclic) bond motifs is 1. The molecule has 0 fully saturated rings. The molecule has 0 aliphatic rings. The van der Waals surface area contributed by atoms with Crippen molar-refractivity contribution in [1.82, 2.24) is 0 Å². The fourth-order valence-corrected chi connectivity index (χ4v) is 2.09. The van der Waals surface area contributed by atoms with Crippen LogP contribution in [0.15, 0.2) is 66.7 Å². The number of phenols is 1. The van der Waals surface area contributed by atoms with Crippen LogP contribution < -0.4 is 10.1 Å². The summed E-state index contributed by atoms with van der Waals surface area (Å²) in [6.45, 7) is 0. The topological polar surface area (TPSA) is 58.6 Å². The minimum absolute atomic E-state index is 0.127. The van der Waals surface area contributed by atoms with Crippen molar-refractivity contribution in [3.63, 3.8) is 0 Å². The highest BCUT2D eigenvalue weighted by molar-refractivity contribution is 5.93. The Kier molecular flexibility index (Phi) is 3.43. The van der Waals surface area contributed by atoms with Gasteiger partial charge in [0.15, 0.2) is 0 Å². The van der Waals surface area contributed by atoms with Gasteiger partial charge in [-0.2, -0.15) is 0 Å². The quantitative estimate of drug-likeness (QED) is 0.740. The second kappa shape index (κ2) is 5.54. The van der Waals surface area contributed by atoms with Crippen molar-refractivity contribution in [2.45, 2.75) is 0 Å². The molecule has 0 unspecified atom stereocenters. The number of aromatic hydroxyl groups is 1. The van der Waals surface area contributed by atoms with Gasteiger partial charge >= 0.3 is 6.09 Å². The summed E-state index contributed by atoms with van der Waals surface area (Å²) in [6.07, 6.45) is -0.572. The van der Waals surface area contributed by atoms with Gasteiger partial charge in [0.25, 0.3) is 0 Å². The molecule has 1 amide bonds. The molecule has 4 nitrogen and oxygen atoms in total. The molecule has 3 aromatic rings. The van der Waals surface area contributed by atoms with E-state index < -0.39 is 6.09 Å². The lowest BCUT2D eigenvalue weighted by atomic mass is 10.1. The van der Waals surface area contributed by atoms with Gasteiger partial charge in [0.1, 0.15) is 11.5 Å². The molecular formula is C17H13NO3. The third kappa shape index (κ3) is 2.95. The van der Waals surface area contributed by atoms with Crippen LogP contribution in [0.25, 0.3) is 10.8 Å². The average Bonchev–Trinajstić information content (AvgIpc) is 2.49. The second-order valence-electron chi connectivity index (χ2n) is 4.54. The number of benzene rings is 3. The number of anilines is 1. The van der Waals surface area contributed by atoms with E-state index >= 15 is 0 Å². The van der Waals surface area contributed by atoms with Gasteiger partial charge < -0.3 is 9.84 Å². The third-order valence-corrected chi connectivity index (χ3v) is 3.05.